The van der Waals surface area contributed by atoms with Gasteiger partial charge in [0.05, 0.1) is 5.75 Å². The van der Waals surface area contributed by atoms with Gasteiger partial charge in [0.25, 0.3) is 0 Å². The lowest BCUT2D eigenvalue weighted by Gasteiger charge is -2.34. The summed E-state index contributed by atoms with van der Waals surface area (Å²) in [6.45, 7) is 0. The van der Waals surface area contributed by atoms with E-state index >= 15 is 0 Å². The SMILES string of the molecule is Cn1cnnc1SCC(=O)N(c1ccccc1)C1CCCCC1. The Labute approximate surface area is 141 Å². The zero-order chi connectivity index (χ0) is 16.1. The maximum Gasteiger partial charge on any atom is 0.237 e. The quantitative estimate of drug-likeness (QED) is 0.790. The Morgan fingerprint density at radius 1 is 1.26 bits per heavy atom. The number of carbonyl (C=O) groups is 1. The molecule has 2 aromatic rings. The molecule has 5 nitrogen and oxygen atoms in total. The van der Waals surface area contributed by atoms with Crippen LogP contribution in [-0.4, -0.2) is 32.5 Å². The first kappa shape index (κ1) is 16.1. The number of aromatic nitrogens is 3. The van der Waals surface area contributed by atoms with Gasteiger partial charge in [0.1, 0.15) is 6.33 Å². The van der Waals surface area contributed by atoms with Gasteiger partial charge in [0.15, 0.2) is 5.16 Å². The molecule has 1 amide bonds. The number of carbonyl (C=O) groups excluding carboxylic acids is 1. The van der Waals surface area contributed by atoms with E-state index in [2.05, 4.69) is 10.2 Å². The number of thioether (sulfide) groups is 1. The molecule has 23 heavy (non-hydrogen) atoms. The predicted molar refractivity (Wildman–Crippen MR) is 92.5 cm³/mol. The fraction of sp³-hybridized carbons (Fsp3) is 0.471. The van der Waals surface area contributed by atoms with E-state index < -0.39 is 0 Å². The second-order valence-electron chi connectivity index (χ2n) is 5.90. The zero-order valence-electron chi connectivity index (χ0n) is 13.4. The number of benzene rings is 1. The van der Waals surface area contributed by atoms with Crippen molar-refractivity contribution < 1.29 is 4.79 Å². The summed E-state index contributed by atoms with van der Waals surface area (Å²) < 4.78 is 1.84. The lowest BCUT2D eigenvalue weighted by molar-refractivity contribution is -0.116. The van der Waals surface area contributed by atoms with Gasteiger partial charge < -0.3 is 9.47 Å². The molecule has 1 aliphatic carbocycles. The van der Waals surface area contributed by atoms with E-state index in [1.165, 1.54) is 31.0 Å². The average Bonchev–Trinajstić information content (AvgIpc) is 3.00. The second-order valence-corrected chi connectivity index (χ2v) is 6.85. The summed E-state index contributed by atoms with van der Waals surface area (Å²) in [5, 5.41) is 8.67. The van der Waals surface area contributed by atoms with E-state index in [0.717, 1.165) is 23.7 Å². The summed E-state index contributed by atoms with van der Waals surface area (Å²) in [6.07, 6.45) is 7.53. The predicted octanol–water partition coefficient (Wildman–Crippen LogP) is 3.27. The third-order valence-electron chi connectivity index (χ3n) is 4.24. The molecule has 0 saturated heterocycles. The maximum atomic E-state index is 12.9. The lowest BCUT2D eigenvalue weighted by Crippen LogP contribution is -2.42. The van der Waals surface area contributed by atoms with Crippen molar-refractivity contribution >= 4 is 23.4 Å². The standard InChI is InChI=1S/C17H22N4OS/c1-20-13-18-19-17(20)23-12-16(22)21(14-8-4-2-5-9-14)15-10-6-3-7-11-15/h2,4-5,8-9,13,15H,3,6-7,10-12H2,1H3. The molecular formula is C17H22N4OS. The van der Waals surface area contributed by atoms with Gasteiger partial charge >= 0.3 is 0 Å². The minimum atomic E-state index is 0.149. The minimum absolute atomic E-state index is 0.149. The summed E-state index contributed by atoms with van der Waals surface area (Å²) in [7, 11) is 1.89. The molecule has 0 spiro atoms. The van der Waals surface area contributed by atoms with Crippen molar-refractivity contribution in [2.24, 2.45) is 7.05 Å². The molecule has 1 fully saturated rings. The van der Waals surface area contributed by atoms with Crippen molar-refractivity contribution in [3.8, 4) is 0 Å². The Hall–Kier alpha value is -1.82. The van der Waals surface area contributed by atoms with E-state index in [1.807, 2.05) is 46.8 Å². The molecule has 122 valence electrons. The van der Waals surface area contributed by atoms with Gasteiger partial charge in [0, 0.05) is 18.8 Å². The van der Waals surface area contributed by atoms with Gasteiger partial charge in [-0.25, -0.2) is 0 Å². The van der Waals surface area contributed by atoms with E-state index in [-0.39, 0.29) is 5.91 Å². The fourth-order valence-corrected chi connectivity index (χ4v) is 3.83. The van der Waals surface area contributed by atoms with Crippen molar-refractivity contribution in [3.63, 3.8) is 0 Å². The second kappa shape index (κ2) is 7.64. The van der Waals surface area contributed by atoms with Crippen molar-refractivity contribution in [3.05, 3.63) is 36.7 Å². The number of amides is 1. The van der Waals surface area contributed by atoms with Gasteiger partial charge in [-0.15, -0.1) is 10.2 Å². The monoisotopic (exact) mass is 330 g/mol. The first-order chi connectivity index (χ1) is 11.3. The summed E-state index contributed by atoms with van der Waals surface area (Å²) in [4.78, 5) is 14.9. The first-order valence-corrected chi connectivity index (χ1v) is 9.08. The highest BCUT2D eigenvalue weighted by Gasteiger charge is 2.26. The topological polar surface area (TPSA) is 51.0 Å². The Kier molecular flexibility index (Phi) is 5.33. The molecule has 6 heteroatoms. The molecule has 0 radical (unpaired) electrons. The number of aryl methyl sites for hydroxylation is 1. The summed E-state index contributed by atoms with van der Waals surface area (Å²) in [5.41, 5.74) is 1.00. The normalized spacial score (nSPS) is 15.5. The van der Waals surface area contributed by atoms with Gasteiger partial charge in [-0.3, -0.25) is 4.79 Å². The van der Waals surface area contributed by atoms with Crippen LogP contribution in [0.1, 0.15) is 32.1 Å². The van der Waals surface area contributed by atoms with E-state index in [4.69, 9.17) is 0 Å². The highest BCUT2D eigenvalue weighted by molar-refractivity contribution is 7.99. The van der Waals surface area contributed by atoms with Crippen LogP contribution in [0.2, 0.25) is 0 Å². The van der Waals surface area contributed by atoms with E-state index in [0.29, 0.717) is 11.8 Å². The van der Waals surface area contributed by atoms with E-state index in [1.54, 1.807) is 6.33 Å². The highest BCUT2D eigenvalue weighted by Crippen LogP contribution is 2.28. The van der Waals surface area contributed by atoms with Crippen LogP contribution in [0.4, 0.5) is 5.69 Å². The molecule has 1 aromatic heterocycles. The summed E-state index contributed by atoms with van der Waals surface area (Å²) >= 11 is 1.45. The molecule has 0 bridgehead atoms. The number of nitrogens with zero attached hydrogens (tertiary/aromatic N) is 4. The number of hydrogen-bond donors (Lipinski definition) is 0. The maximum absolute atomic E-state index is 12.9. The van der Waals surface area contributed by atoms with Gasteiger partial charge in [0.2, 0.25) is 5.91 Å². The molecular weight excluding hydrogens is 308 g/mol. The van der Waals surface area contributed by atoms with Crippen molar-refractivity contribution in [1.82, 2.24) is 14.8 Å². The van der Waals surface area contributed by atoms with Crippen LogP contribution in [0.25, 0.3) is 0 Å². The minimum Gasteiger partial charge on any atom is -0.312 e. The molecule has 0 atom stereocenters. The molecule has 1 saturated carbocycles. The molecule has 1 heterocycles. The molecule has 0 N–H and O–H groups in total. The molecule has 0 unspecified atom stereocenters. The van der Waals surface area contributed by atoms with Gasteiger partial charge in [-0.1, -0.05) is 49.2 Å². The van der Waals surface area contributed by atoms with Crippen molar-refractivity contribution in [1.29, 1.82) is 0 Å². The number of para-hydroxylation sites is 1. The molecule has 1 aliphatic rings. The number of anilines is 1. The number of hydrogen-bond acceptors (Lipinski definition) is 4. The molecule has 0 aliphatic heterocycles. The molecule has 1 aromatic carbocycles. The van der Waals surface area contributed by atoms with Crippen molar-refractivity contribution in [2.45, 2.75) is 43.3 Å². The lowest BCUT2D eigenvalue weighted by atomic mass is 9.93. The Bertz CT molecular complexity index is 637. The smallest absolute Gasteiger partial charge is 0.237 e. The third-order valence-corrected chi connectivity index (χ3v) is 5.26. The van der Waals surface area contributed by atoms with Crippen LogP contribution >= 0.6 is 11.8 Å². The Morgan fingerprint density at radius 3 is 2.65 bits per heavy atom. The van der Waals surface area contributed by atoms with Crippen LogP contribution in [0.3, 0.4) is 0 Å². The van der Waals surface area contributed by atoms with Crippen LogP contribution < -0.4 is 4.90 Å². The summed E-state index contributed by atoms with van der Waals surface area (Å²) in [6, 6.07) is 10.3. The highest BCUT2D eigenvalue weighted by atomic mass is 32.2. The van der Waals surface area contributed by atoms with Crippen LogP contribution in [0.15, 0.2) is 41.8 Å². The Balaban J connectivity index is 1.74. The average molecular weight is 330 g/mol. The third kappa shape index (κ3) is 3.93. The van der Waals surface area contributed by atoms with Gasteiger partial charge in [-0.05, 0) is 25.0 Å². The number of rotatable bonds is 5. The van der Waals surface area contributed by atoms with Crippen molar-refractivity contribution in [2.75, 3.05) is 10.7 Å². The molecule has 3 rings (SSSR count). The van der Waals surface area contributed by atoms with Crippen LogP contribution in [-0.2, 0) is 11.8 Å². The fourth-order valence-electron chi connectivity index (χ4n) is 3.09. The van der Waals surface area contributed by atoms with E-state index in [9.17, 15) is 4.79 Å². The Morgan fingerprint density at radius 2 is 2.00 bits per heavy atom. The largest absolute Gasteiger partial charge is 0.312 e. The van der Waals surface area contributed by atoms with Crippen LogP contribution in [0.5, 0.6) is 0 Å². The van der Waals surface area contributed by atoms with Gasteiger partial charge in [-0.2, -0.15) is 0 Å². The summed E-state index contributed by atoms with van der Waals surface area (Å²) in [5.74, 6) is 0.536. The zero-order valence-corrected chi connectivity index (χ0v) is 14.2. The van der Waals surface area contributed by atoms with Crippen LogP contribution in [0, 0.1) is 0 Å². The first-order valence-electron chi connectivity index (χ1n) is 8.09.